The highest BCUT2D eigenvalue weighted by molar-refractivity contribution is 7.94. The lowest BCUT2D eigenvalue weighted by Crippen LogP contribution is -2.21. The molecule has 0 spiro atoms. The number of hydrogen-bond acceptors (Lipinski definition) is 6. The lowest BCUT2D eigenvalue weighted by atomic mass is 10.1. The van der Waals surface area contributed by atoms with Crippen LogP contribution in [0.25, 0.3) is 0 Å². The number of benzene rings is 2. The average molecular weight is 441 g/mol. The first-order valence-electron chi connectivity index (χ1n) is 8.58. The Morgan fingerprint density at radius 2 is 1.47 bits per heavy atom. The van der Waals surface area contributed by atoms with Gasteiger partial charge in [-0.3, -0.25) is 4.79 Å². The van der Waals surface area contributed by atoms with Gasteiger partial charge in [-0.05, 0) is 42.3 Å². The molecule has 0 aliphatic rings. The molecule has 9 heteroatoms. The zero-order chi connectivity index (χ0) is 21.8. The Kier molecular flexibility index (Phi) is 6.12. The lowest BCUT2D eigenvalue weighted by molar-refractivity contribution is 0.102. The molecule has 0 bridgehead atoms. The van der Waals surface area contributed by atoms with Gasteiger partial charge in [-0.25, -0.2) is 27.0 Å². The minimum atomic E-state index is -4.26. The normalized spacial score (nSPS) is 11.4. The van der Waals surface area contributed by atoms with Gasteiger partial charge in [0.05, 0.1) is 4.90 Å². The number of pyridine rings is 1. The van der Waals surface area contributed by atoms with Gasteiger partial charge < -0.3 is 0 Å². The van der Waals surface area contributed by atoms with Crippen LogP contribution in [-0.4, -0.2) is 33.4 Å². The van der Waals surface area contributed by atoms with Gasteiger partial charge in [-0.15, -0.1) is 0 Å². The number of rotatable bonds is 5. The average Bonchev–Trinajstić information content (AvgIpc) is 2.72. The molecule has 0 radical (unpaired) electrons. The fourth-order valence-electron chi connectivity index (χ4n) is 2.59. The Hall–Kier alpha value is -3.32. The van der Waals surface area contributed by atoms with E-state index in [0.717, 1.165) is 12.1 Å². The van der Waals surface area contributed by atoms with Crippen LogP contribution in [0.15, 0.2) is 82.7 Å². The molecule has 0 amide bonds. The van der Waals surface area contributed by atoms with E-state index in [-0.39, 0.29) is 5.56 Å². The number of ketones is 1. The number of sulfone groups is 1. The Bertz CT molecular complexity index is 1350. The second-order valence-electron chi connectivity index (χ2n) is 6.22. The number of carbonyl (C=O) groups excluding carboxylic acids is 1. The first kappa shape index (κ1) is 21.4. The Balaban J connectivity index is 1.81. The van der Waals surface area contributed by atoms with Gasteiger partial charge in [0.25, 0.3) is 0 Å². The molecule has 1 heterocycles. The first-order valence-corrected chi connectivity index (χ1v) is 11.8. The van der Waals surface area contributed by atoms with Crippen LogP contribution in [0.2, 0.25) is 0 Å². The summed E-state index contributed by atoms with van der Waals surface area (Å²) in [6.07, 6.45) is 1.63. The summed E-state index contributed by atoms with van der Waals surface area (Å²) < 4.78 is 48.6. The Morgan fingerprint density at radius 1 is 0.833 bits per heavy atom. The zero-order valence-corrected chi connectivity index (χ0v) is 17.2. The van der Waals surface area contributed by atoms with E-state index in [4.69, 9.17) is 5.14 Å². The number of Topliss-reactive ketones (excluding diaryl/α,β-unsaturated/α-hetero) is 1. The number of nitrogens with two attached hydrogens (primary N) is 1. The Labute approximate surface area is 174 Å². The summed E-state index contributed by atoms with van der Waals surface area (Å²) in [7, 11) is -8.49. The molecule has 30 heavy (non-hydrogen) atoms. The number of hydrogen-bond donors (Lipinski definition) is 1. The predicted octanol–water partition coefficient (Wildman–Crippen LogP) is 1.79. The summed E-state index contributed by atoms with van der Waals surface area (Å²) in [4.78, 5) is 15.5. The Morgan fingerprint density at radius 3 is 2.07 bits per heavy atom. The molecule has 0 aliphatic heterocycles. The van der Waals surface area contributed by atoms with E-state index in [1.807, 2.05) is 6.07 Å². The van der Waals surface area contributed by atoms with Crippen LogP contribution in [0.1, 0.15) is 21.6 Å². The number of carbonyl (C=O) groups is 1. The highest BCUT2D eigenvalue weighted by Gasteiger charge is 2.26. The van der Waals surface area contributed by atoms with E-state index in [2.05, 4.69) is 16.8 Å². The third-order valence-electron chi connectivity index (χ3n) is 4.02. The molecule has 0 unspecified atom stereocenters. The van der Waals surface area contributed by atoms with Crippen molar-refractivity contribution in [3.05, 3.63) is 89.7 Å². The maximum Gasteiger partial charge on any atom is 0.239 e. The van der Waals surface area contributed by atoms with Gasteiger partial charge in [0.15, 0.2) is 15.6 Å². The highest BCUT2D eigenvalue weighted by Crippen LogP contribution is 2.21. The van der Waals surface area contributed by atoms with E-state index >= 15 is 0 Å². The topological polar surface area (TPSA) is 124 Å². The summed E-state index contributed by atoms with van der Waals surface area (Å²) in [6.45, 7) is 0. The van der Waals surface area contributed by atoms with Crippen LogP contribution < -0.4 is 5.14 Å². The quantitative estimate of drug-likeness (QED) is 0.476. The molecular formula is C21H16N2O5S2. The van der Waals surface area contributed by atoms with Crippen molar-refractivity contribution in [3.8, 4) is 11.8 Å². The minimum Gasteiger partial charge on any atom is -0.293 e. The smallest absolute Gasteiger partial charge is 0.239 e. The SMILES string of the molecule is NS(=O)(=O)c1ccccc1S(=O)(=O)CC(=O)c1ccc(C#Cc2ccccn2)cc1. The molecule has 3 rings (SSSR count). The minimum absolute atomic E-state index is 0.162. The summed E-state index contributed by atoms with van der Waals surface area (Å²) in [5, 5.41) is 5.09. The first-order chi connectivity index (χ1) is 14.2. The van der Waals surface area contributed by atoms with Gasteiger partial charge in [0.1, 0.15) is 16.3 Å². The van der Waals surface area contributed by atoms with Crippen LogP contribution in [0.5, 0.6) is 0 Å². The molecule has 0 saturated carbocycles. The van der Waals surface area contributed by atoms with Crippen molar-refractivity contribution in [1.82, 2.24) is 4.98 Å². The van der Waals surface area contributed by atoms with E-state index in [1.54, 1.807) is 30.5 Å². The fourth-order valence-corrected chi connectivity index (χ4v) is 5.26. The van der Waals surface area contributed by atoms with Crippen molar-refractivity contribution in [1.29, 1.82) is 0 Å². The molecule has 2 aromatic carbocycles. The van der Waals surface area contributed by atoms with Crippen molar-refractivity contribution in [2.75, 3.05) is 5.75 Å². The molecule has 3 aromatic rings. The summed E-state index contributed by atoms with van der Waals surface area (Å²) in [6, 6.07) is 16.4. The van der Waals surface area contributed by atoms with Gasteiger partial charge in [0.2, 0.25) is 10.0 Å². The largest absolute Gasteiger partial charge is 0.293 e. The van der Waals surface area contributed by atoms with Crippen molar-refractivity contribution in [2.45, 2.75) is 9.79 Å². The second kappa shape index (κ2) is 8.59. The van der Waals surface area contributed by atoms with E-state index in [0.29, 0.717) is 11.3 Å². The molecule has 1 aromatic heterocycles. The van der Waals surface area contributed by atoms with Gasteiger partial charge in [-0.1, -0.05) is 36.3 Å². The van der Waals surface area contributed by atoms with Crippen LogP contribution in [0.3, 0.4) is 0 Å². The van der Waals surface area contributed by atoms with Crippen LogP contribution in [0.4, 0.5) is 0 Å². The lowest BCUT2D eigenvalue weighted by Gasteiger charge is -2.08. The van der Waals surface area contributed by atoms with Crippen molar-refractivity contribution < 1.29 is 21.6 Å². The molecule has 0 saturated heterocycles. The van der Waals surface area contributed by atoms with Crippen molar-refractivity contribution in [2.24, 2.45) is 5.14 Å². The summed E-state index contributed by atoms with van der Waals surface area (Å²) in [5.74, 6) is 4.21. The molecular weight excluding hydrogens is 424 g/mol. The monoisotopic (exact) mass is 440 g/mol. The predicted molar refractivity (Wildman–Crippen MR) is 111 cm³/mol. The van der Waals surface area contributed by atoms with Crippen LogP contribution in [0, 0.1) is 11.8 Å². The fraction of sp³-hybridized carbons (Fsp3) is 0.0476. The molecule has 7 nitrogen and oxygen atoms in total. The van der Waals surface area contributed by atoms with Crippen molar-refractivity contribution >= 4 is 25.6 Å². The van der Waals surface area contributed by atoms with Crippen LogP contribution in [-0.2, 0) is 19.9 Å². The second-order valence-corrected chi connectivity index (χ2v) is 9.70. The standard InChI is InChI=1S/C21H16N2O5S2/c22-30(27,28)21-7-2-1-6-20(21)29(25,26)15-19(24)17-11-8-16(9-12-17)10-13-18-5-3-4-14-23-18/h1-9,11-12,14H,15H2,(H2,22,27,28). The zero-order valence-electron chi connectivity index (χ0n) is 15.5. The molecule has 2 N–H and O–H groups in total. The van der Waals surface area contributed by atoms with E-state index in [1.165, 1.54) is 24.3 Å². The maximum absolute atomic E-state index is 12.6. The van der Waals surface area contributed by atoms with Gasteiger partial charge in [-0.2, -0.15) is 0 Å². The molecule has 0 fully saturated rings. The number of sulfonamides is 1. The van der Waals surface area contributed by atoms with E-state index < -0.39 is 41.2 Å². The molecule has 152 valence electrons. The molecule has 0 atom stereocenters. The van der Waals surface area contributed by atoms with Gasteiger partial charge >= 0.3 is 0 Å². The number of nitrogens with zero attached hydrogens (tertiary/aromatic N) is 1. The van der Waals surface area contributed by atoms with Crippen molar-refractivity contribution in [3.63, 3.8) is 0 Å². The summed E-state index contributed by atoms with van der Waals surface area (Å²) in [5.41, 5.74) is 1.38. The maximum atomic E-state index is 12.6. The van der Waals surface area contributed by atoms with Gasteiger partial charge in [0, 0.05) is 17.3 Å². The molecule has 0 aliphatic carbocycles. The van der Waals surface area contributed by atoms with E-state index in [9.17, 15) is 21.6 Å². The summed E-state index contributed by atoms with van der Waals surface area (Å²) >= 11 is 0. The highest BCUT2D eigenvalue weighted by atomic mass is 32.2. The third-order valence-corrected chi connectivity index (χ3v) is 6.79. The number of primary sulfonamides is 1. The van der Waals surface area contributed by atoms with Crippen LogP contribution >= 0.6 is 0 Å². The number of aromatic nitrogens is 1. The third kappa shape index (κ3) is 5.18.